The Balaban J connectivity index is 1.68. The molecule has 1 saturated heterocycles. The number of amides is 1. The molecule has 0 aromatic carbocycles. The molecule has 5 nitrogen and oxygen atoms in total. The smallest absolute Gasteiger partial charge is 0.255 e. The molecule has 3 rings (SSSR count). The molecule has 0 bridgehead atoms. The molecule has 1 atom stereocenters. The summed E-state index contributed by atoms with van der Waals surface area (Å²) in [5.41, 5.74) is 5.51. The van der Waals surface area contributed by atoms with Gasteiger partial charge in [-0.3, -0.25) is 15.1 Å². The first-order valence-electron chi connectivity index (χ1n) is 11.0. The molecule has 0 radical (unpaired) electrons. The van der Waals surface area contributed by atoms with Crippen molar-refractivity contribution in [1.82, 2.24) is 10.2 Å². The Morgan fingerprint density at radius 2 is 1.81 bits per heavy atom. The normalized spacial score (nSPS) is 33.5. The minimum Gasteiger partial charge on any atom is -0.342 e. The quantitative estimate of drug-likeness (QED) is 0.645. The van der Waals surface area contributed by atoms with Crippen molar-refractivity contribution in [3.8, 4) is 0 Å². The summed E-state index contributed by atoms with van der Waals surface area (Å²) in [5.74, 6) is 1.66. The topological polar surface area (TPSA) is 82.2 Å². The molecular weight excluding hydrogens is 324 g/mol. The van der Waals surface area contributed by atoms with Crippen LogP contribution in [0.4, 0.5) is 0 Å². The van der Waals surface area contributed by atoms with Gasteiger partial charge in [-0.2, -0.15) is 0 Å². The number of nitrogens with one attached hydrogen (secondary N) is 2. The third kappa shape index (κ3) is 4.41. The zero-order chi connectivity index (χ0) is 18.6. The number of rotatable bonds is 7. The van der Waals surface area contributed by atoms with Crippen molar-refractivity contribution < 1.29 is 4.79 Å². The van der Waals surface area contributed by atoms with Crippen molar-refractivity contribution in [2.45, 2.75) is 102 Å². The van der Waals surface area contributed by atoms with Gasteiger partial charge < -0.3 is 11.1 Å². The Kier molecular flexibility index (Phi) is 6.60. The van der Waals surface area contributed by atoms with Gasteiger partial charge in [0.1, 0.15) is 5.54 Å². The van der Waals surface area contributed by atoms with Gasteiger partial charge in [-0.1, -0.05) is 51.9 Å². The number of nitrogens with two attached hydrogens (primary N) is 1. The van der Waals surface area contributed by atoms with E-state index in [1.807, 2.05) is 0 Å². The molecule has 0 spiro atoms. The van der Waals surface area contributed by atoms with Crippen LogP contribution in [-0.2, 0) is 4.79 Å². The van der Waals surface area contributed by atoms with E-state index < -0.39 is 5.54 Å². The lowest BCUT2D eigenvalue weighted by atomic mass is 9.77. The maximum Gasteiger partial charge on any atom is 0.255 e. The molecule has 0 aromatic heterocycles. The lowest BCUT2D eigenvalue weighted by Gasteiger charge is -2.33. The van der Waals surface area contributed by atoms with Crippen LogP contribution in [0.25, 0.3) is 0 Å². The van der Waals surface area contributed by atoms with Crippen molar-refractivity contribution in [1.29, 1.82) is 5.41 Å². The molecule has 1 unspecified atom stereocenters. The van der Waals surface area contributed by atoms with Crippen molar-refractivity contribution >= 4 is 11.9 Å². The predicted molar refractivity (Wildman–Crippen MR) is 106 cm³/mol. The first-order chi connectivity index (χ1) is 12.5. The van der Waals surface area contributed by atoms with Crippen LogP contribution in [0, 0.1) is 17.2 Å². The van der Waals surface area contributed by atoms with Gasteiger partial charge in [0.2, 0.25) is 0 Å². The lowest BCUT2D eigenvalue weighted by Crippen LogP contribution is -2.49. The molecule has 1 amide bonds. The van der Waals surface area contributed by atoms with E-state index >= 15 is 0 Å². The van der Waals surface area contributed by atoms with E-state index in [2.05, 4.69) is 12.2 Å². The second-order valence-electron chi connectivity index (χ2n) is 9.06. The maximum atomic E-state index is 13.5. The molecule has 1 heterocycles. The summed E-state index contributed by atoms with van der Waals surface area (Å²) >= 11 is 0. The third-order valence-electron chi connectivity index (χ3n) is 6.93. The van der Waals surface area contributed by atoms with E-state index in [-0.39, 0.29) is 5.91 Å². The zero-order valence-electron chi connectivity index (χ0n) is 16.6. The molecule has 3 aliphatic rings. The zero-order valence-corrected chi connectivity index (χ0v) is 16.6. The van der Waals surface area contributed by atoms with Crippen LogP contribution in [0.2, 0.25) is 0 Å². The van der Waals surface area contributed by atoms with Crippen LogP contribution in [0.5, 0.6) is 0 Å². The number of nitrogens with zero attached hydrogens (tertiary/aromatic N) is 1. The molecule has 4 N–H and O–H groups in total. The van der Waals surface area contributed by atoms with E-state index in [1.54, 1.807) is 4.90 Å². The van der Waals surface area contributed by atoms with E-state index in [9.17, 15) is 4.79 Å². The van der Waals surface area contributed by atoms with Gasteiger partial charge in [0.25, 0.3) is 5.91 Å². The highest BCUT2D eigenvalue weighted by molar-refractivity contribution is 6.07. The van der Waals surface area contributed by atoms with E-state index in [0.29, 0.717) is 30.4 Å². The van der Waals surface area contributed by atoms with Crippen molar-refractivity contribution in [3.05, 3.63) is 0 Å². The Hall–Kier alpha value is -1.10. The monoisotopic (exact) mass is 362 g/mol. The minimum atomic E-state index is -0.514. The van der Waals surface area contributed by atoms with Crippen molar-refractivity contribution in [2.75, 3.05) is 6.54 Å². The van der Waals surface area contributed by atoms with Gasteiger partial charge in [-0.05, 0) is 50.4 Å². The molecule has 2 saturated carbocycles. The fraction of sp³-hybridized carbons (Fsp3) is 0.905. The van der Waals surface area contributed by atoms with E-state index in [0.717, 1.165) is 51.4 Å². The molecule has 3 fully saturated rings. The Labute approximate surface area is 159 Å². The van der Waals surface area contributed by atoms with E-state index in [1.165, 1.54) is 32.1 Å². The third-order valence-corrected chi connectivity index (χ3v) is 6.93. The van der Waals surface area contributed by atoms with Crippen LogP contribution in [-0.4, -0.2) is 34.9 Å². The van der Waals surface area contributed by atoms with Crippen LogP contribution < -0.4 is 11.1 Å². The van der Waals surface area contributed by atoms with Gasteiger partial charge in [0, 0.05) is 12.6 Å². The van der Waals surface area contributed by atoms with Crippen molar-refractivity contribution in [2.24, 2.45) is 17.6 Å². The fourth-order valence-electron chi connectivity index (χ4n) is 5.28. The maximum absolute atomic E-state index is 13.5. The van der Waals surface area contributed by atoms with Gasteiger partial charge >= 0.3 is 0 Å². The molecule has 2 aliphatic carbocycles. The molecule has 26 heavy (non-hydrogen) atoms. The van der Waals surface area contributed by atoms with Gasteiger partial charge in [-0.15, -0.1) is 0 Å². The van der Waals surface area contributed by atoms with Gasteiger partial charge in [0.15, 0.2) is 5.96 Å². The number of guanidine groups is 1. The Morgan fingerprint density at radius 1 is 1.12 bits per heavy atom. The molecule has 148 valence electrons. The highest BCUT2D eigenvalue weighted by atomic mass is 16.2. The number of unbranched alkanes of at least 4 members (excludes halogenated alkanes) is 1. The highest BCUT2D eigenvalue weighted by Crippen LogP contribution is 2.37. The second-order valence-corrected chi connectivity index (χ2v) is 9.06. The largest absolute Gasteiger partial charge is 0.342 e. The summed E-state index contributed by atoms with van der Waals surface area (Å²) in [6.45, 7) is 2.89. The van der Waals surface area contributed by atoms with Gasteiger partial charge in [0.05, 0.1) is 0 Å². The predicted octanol–water partition coefficient (Wildman–Crippen LogP) is 3.77. The average molecular weight is 363 g/mol. The number of hydrogen-bond donors (Lipinski definition) is 3. The molecular formula is C21H38N4O. The van der Waals surface area contributed by atoms with E-state index in [4.69, 9.17) is 11.1 Å². The average Bonchev–Trinajstić information content (AvgIpc) is 2.87. The Bertz CT molecular complexity index is 494. The standard InChI is InChI=1S/C21H38N4O/c1-2-3-13-21(14-16-7-5-4-6-8-16)19(26)25(20(23)24-21)15-17-9-11-18(22)12-10-17/h16-18H,2-15,22H2,1H3,(H2,23,24). The second kappa shape index (κ2) is 8.73. The first-order valence-corrected chi connectivity index (χ1v) is 11.0. The summed E-state index contributed by atoms with van der Waals surface area (Å²) in [5, 5.41) is 11.9. The molecule has 1 aliphatic heterocycles. The van der Waals surface area contributed by atoms with Crippen LogP contribution in [0.3, 0.4) is 0 Å². The Morgan fingerprint density at radius 3 is 2.46 bits per heavy atom. The molecule has 5 heteroatoms. The molecule has 0 aromatic rings. The lowest BCUT2D eigenvalue weighted by molar-refractivity contribution is -0.132. The van der Waals surface area contributed by atoms with Crippen LogP contribution in [0.15, 0.2) is 0 Å². The summed E-state index contributed by atoms with van der Waals surface area (Å²) in [6.07, 6.45) is 14.6. The van der Waals surface area contributed by atoms with Crippen molar-refractivity contribution in [3.63, 3.8) is 0 Å². The van der Waals surface area contributed by atoms with Crippen LogP contribution >= 0.6 is 0 Å². The van der Waals surface area contributed by atoms with Crippen LogP contribution in [0.1, 0.15) is 90.4 Å². The fourth-order valence-corrected chi connectivity index (χ4v) is 5.28. The summed E-state index contributed by atoms with van der Waals surface area (Å²) in [4.78, 5) is 15.2. The number of hydrogen-bond acceptors (Lipinski definition) is 3. The number of carbonyl (C=O) groups excluding carboxylic acids is 1. The number of carbonyl (C=O) groups is 1. The highest BCUT2D eigenvalue weighted by Gasteiger charge is 2.50. The minimum absolute atomic E-state index is 0.177. The SMILES string of the molecule is CCCCC1(CC2CCCCC2)NC(=N)N(CC2CCC(N)CC2)C1=O. The van der Waals surface area contributed by atoms with Gasteiger partial charge in [-0.25, -0.2) is 0 Å². The summed E-state index contributed by atoms with van der Waals surface area (Å²) in [6, 6.07) is 0.327. The summed E-state index contributed by atoms with van der Waals surface area (Å²) < 4.78 is 0. The summed E-state index contributed by atoms with van der Waals surface area (Å²) in [7, 11) is 0. The first kappa shape index (κ1) is 19.7.